The van der Waals surface area contributed by atoms with E-state index in [0.29, 0.717) is 0 Å². The molecule has 106 valence electrons. The molecular formula is C16H32N2. The Morgan fingerprint density at radius 3 is 2.39 bits per heavy atom. The molecule has 2 unspecified atom stereocenters. The molecule has 1 saturated heterocycles. The van der Waals surface area contributed by atoms with Crippen LogP contribution in [0.25, 0.3) is 0 Å². The minimum Gasteiger partial charge on any atom is -0.311 e. The van der Waals surface area contributed by atoms with E-state index in [9.17, 15) is 0 Å². The lowest BCUT2D eigenvalue weighted by Crippen LogP contribution is -2.48. The average molecular weight is 252 g/mol. The van der Waals surface area contributed by atoms with E-state index in [1.807, 2.05) is 0 Å². The van der Waals surface area contributed by atoms with Gasteiger partial charge in [-0.1, -0.05) is 26.2 Å². The molecule has 2 rings (SSSR count). The van der Waals surface area contributed by atoms with Gasteiger partial charge < -0.3 is 10.2 Å². The number of nitrogens with zero attached hydrogens (tertiary/aromatic N) is 1. The SMILES string of the molecule is CCC1CCCC(NC2CCN(C(C)C)CC2)C1. The van der Waals surface area contributed by atoms with Crippen LogP contribution in [0.1, 0.15) is 65.7 Å². The van der Waals surface area contributed by atoms with Crippen LogP contribution in [0.4, 0.5) is 0 Å². The largest absolute Gasteiger partial charge is 0.311 e. The van der Waals surface area contributed by atoms with Crippen LogP contribution in [0.3, 0.4) is 0 Å². The molecule has 0 spiro atoms. The molecular weight excluding hydrogens is 220 g/mol. The van der Waals surface area contributed by atoms with E-state index in [-0.39, 0.29) is 0 Å². The summed E-state index contributed by atoms with van der Waals surface area (Å²) in [6, 6.07) is 2.34. The third kappa shape index (κ3) is 3.96. The van der Waals surface area contributed by atoms with Crippen molar-refractivity contribution in [3.63, 3.8) is 0 Å². The standard InChI is InChI=1S/C16H32N2/c1-4-14-6-5-7-16(12-14)17-15-8-10-18(11-9-15)13(2)3/h13-17H,4-12H2,1-3H3. The van der Waals surface area contributed by atoms with E-state index < -0.39 is 0 Å². The molecule has 18 heavy (non-hydrogen) atoms. The van der Waals surface area contributed by atoms with Gasteiger partial charge in [-0.15, -0.1) is 0 Å². The molecule has 1 N–H and O–H groups in total. The first-order valence-electron chi connectivity index (χ1n) is 8.19. The van der Waals surface area contributed by atoms with Gasteiger partial charge in [0.2, 0.25) is 0 Å². The predicted molar refractivity (Wildman–Crippen MR) is 78.9 cm³/mol. The smallest absolute Gasteiger partial charge is 0.00940 e. The first-order valence-corrected chi connectivity index (χ1v) is 8.19. The number of hydrogen-bond donors (Lipinski definition) is 1. The highest BCUT2D eigenvalue weighted by Crippen LogP contribution is 2.27. The number of rotatable bonds is 4. The van der Waals surface area contributed by atoms with Gasteiger partial charge in [0.15, 0.2) is 0 Å². The van der Waals surface area contributed by atoms with Crippen molar-refractivity contribution in [1.29, 1.82) is 0 Å². The maximum Gasteiger partial charge on any atom is 0.00940 e. The van der Waals surface area contributed by atoms with Crippen LogP contribution in [0.2, 0.25) is 0 Å². The molecule has 0 aromatic carbocycles. The fourth-order valence-electron chi connectivity index (χ4n) is 3.73. The van der Waals surface area contributed by atoms with Gasteiger partial charge in [0.25, 0.3) is 0 Å². The van der Waals surface area contributed by atoms with Gasteiger partial charge in [0, 0.05) is 18.1 Å². The predicted octanol–water partition coefficient (Wildman–Crippen LogP) is 3.42. The first kappa shape index (κ1) is 14.3. The van der Waals surface area contributed by atoms with E-state index in [2.05, 4.69) is 31.0 Å². The maximum absolute atomic E-state index is 3.95. The molecule has 0 aromatic heterocycles. The molecule has 0 radical (unpaired) electrons. The Morgan fingerprint density at radius 1 is 1.06 bits per heavy atom. The maximum atomic E-state index is 3.95. The van der Waals surface area contributed by atoms with Crippen LogP contribution in [-0.4, -0.2) is 36.1 Å². The molecule has 0 bridgehead atoms. The zero-order valence-corrected chi connectivity index (χ0v) is 12.6. The van der Waals surface area contributed by atoms with Gasteiger partial charge in [-0.05, 0) is 58.5 Å². The Labute approximate surface area is 114 Å². The average Bonchev–Trinajstić information content (AvgIpc) is 2.39. The van der Waals surface area contributed by atoms with Crippen LogP contribution in [0.5, 0.6) is 0 Å². The first-order chi connectivity index (χ1) is 8.69. The fourth-order valence-corrected chi connectivity index (χ4v) is 3.73. The highest BCUT2D eigenvalue weighted by Gasteiger charge is 2.25. The summed E-state index contributed by atoms with van der Waals surface area (Å²) in [4.78, 5) is 2.62. The van der Waals surface area contributed by atoms with Gasteiger partial charge in [0.05, 0.1) is 0 Å². The van der Waals surface area contributed by atoms with Crippen LogP contribution in [0.15, 0.2) is 0 Å². The van der Waals surface area contributed by atoms with Crippen molar-refractivity contribution in [2.45, 2.75) is 83.8 Å². The lowest BCUT2D eigenvalue weighted by atomic mass is 9.83. The molecule has 1 saturated carbocycles. The Kier molecular flexibility index (Phi) is 5.50. The summed E-state index contributed by atoms with van der Waals surface area (Å²) >= 11 is 0. The van der Waals surface area contributed by atoms with Crippen LogP contribution < -0.4 is 5.32 Å². The van der Waals surface area contributed by atoms with Crippen molar-refractivity contribution in [2.24, 2.45) is 5.92 Å². The lowest BCUT2D eigenvalue weighted by molar-refractivity contribution is 0.148. The highest BCUT2D eigenvalue weighted by atomic mass is 15.2. The van der Waals surface area contributed by atoms with E-state index in [0.717, 1.165) is 24.0 Å². The van der Waals surface area contributed by atoms with Crippen LogP contribution in [-0.2, 0) is 0 Å². The van der Waals surface area contributed by atoms with Crippen molar-refractivity contribution >= 4 is 0 Å². The van der Waals surface area contributed by atoms with E-state index in [1.165, 1.54) is 58.0 Å². The topological polar surface area (TPSA) is 15.3 Å². The van der Waals surface area contributed by atoms with Crippen molar-refractivity contribution in [3.05, 3.63) is 0 Å². The summed E-state index contributed by atoms with van der Waals surface area (Å²) in [5.74, 6) is 0.993. The van der Waals surface area contributed by atoms with Crippen molar-refractivity contribution < 1.29 is 0 Å². The molecule has 2 aliphatic rings. The summed E-state index contributed by atoms with van der Waals surface area (Å²) < 4.78 is 0. The monoisotopic (exact) mass is 252 g/mol. The summed E-state index contributed by atoms with van der Waals surface area (Å²) in [6.45, 7) is 9.58. The minimum atomic E-state index is 0.727. The zero-order valence-electron chi connectivity index (χ0n) is 12.6. The second-order valence-corrected chi connectivity index (χ2v) is 6.71. The summed E-state index contributed by atoms with van der Waals surface area (Å²) in [5, 5.41) is 3.95. The minimum absolute atomic E-state index is 0.727. The molecule has 0 aromatic rings. The fraction of sp³-hybridized carbons (Fsp3) is 1.00. The zero-order chi connectivity index (χ0) is 13.0. The van der Waals surface area contributed by atoms with E-state index >= 15 is 0 Å². The Balaban J connectivity index is 1.71. The van der Waals surface area contributed by atoms with Crippen molar-refractivity contribution in [1.82, 2.24) is 10.2 Å². The van der Waals surface area contributed by atoms with Crippen molar-refractivity contribution in [3.8, 4) is 0 Å². The summed E-state index contributed by atoms with van der Waals surface area (Å²) in [5.41, 5.74) is 0. The summed E-state index contributed by atoms with van der Waals surface area (Å²) in [7, 11) is 0. The van der Waals surface area contributed by atoms with Crippen LogP contribution >= 0.6 is 0 Å². The lowest BCUT2D eigenvalue weighted by Gasteiger charge is -2.38. The Bertz CT molecular complexity index is 231. The molecule has 1 aliphatic carbocycles. The number of nitrogens with one attached hydrogen (secondary N) is 1. The van der Waals surface area contributed by atoms with Crippen molar-refractivity contribution in [2.75, 3.05) is 13.1 Å². The van der Waals surface area contributed by atoms with Crippen LogP contribution in [0, 0.1) is 5.92 Å². The van der Waals surface area contributed by atoms with Gasteiger partial charge in [-0.2, -0.15) is 0 Å². The summed E-state index contributed by atoms with van der Waals surface area (Å²) in [6.07, 6.45) is 9.85. The Morgan fingerprint density at radius 2 is 1.78 bits per heavy atom. The molecule has 2 fully saturated rings. The molecule has 0 amide bonds. The van der Waals surface area contributed by atoms with E-state index in [4.69, 9.17) is 0 Å². The number of hydrogen-bond acceptors (Lipinski definition) is 2. The molecule has 1 aliphatic heterocycles. The number of likely N-dealkylation sites (tertiary alicyclic amines) is 1. The molecule has 2 atom stereocenters. The van der Waals surface area contributed by atoms with Gasteiger partial charge in [-0.25, -0.2) is 0 Å². The molecule has 1 heterocycles. The second kappa shape index (κ2) is 6.91. The third-order valence-electron chi connectivity index (χ3n) is 5.09. The quantitative estimate of drug-likeness (QED) is 0.825. The molecule has 2 nitrogen and oxygen atoms in total. The van der Waals surface area contributed by atoms with Gasteiger partial charge >= 0.3 is 0 Å². The molecule has 2 heteroatoms. The van der Waals surface area contributed by atoms with Gasteiger partial charge in [-0.3, -0.25) is 0 Å². The normalized spacial score (nSPS) is 32.0. The second-order valence-electron chi connectivity index (χ2n) is 6.71. The highest BCUT2D eigenvalue weighted by molar-refractivity contribution is 4.84. The number of piperidine rings is 1. The Hall–Kier alpha value is -0.0800. The van der Waals surface area contributed by atoms with E-state index in [1.54, 1.807) is 0 Å². The van der Waals surface area contributed by atoms with Gasteiger partial charge in [0.1, 0.15) is 0 Å². The third-order valence-corrected chi connectivity index (χ3v) is 5.09.